The Kier molecular flexibility index (Phi) is 3.08. The number of hydrogen-bond acceptors (Lipinski definition) is 2. The van der Waals surface area contributed by atoms with Crippen LogP contribution in [0.5, 0.6) is 0 Å². The molecule has 2 heterocycles. The van der Waals surface area contributed by atoms with Crippen molar-refractivity contribution >= 4 is 29.2 Å². The Bertz CT molecular complexity index is 752. The molecule has 0 saturated carbocycles. The number of carbonyl (C=O) groups excluding carboxylic acids is 1. The van der Waals surface area contributed by atoms with Gasteiger partial charge in [0.25, 0.3) is 0 Å². The topological polar surface area (TPSA) is 41.0 Å². The molecule has 1 unspecified atom stereocenters. The maximum Gasteiger partial charge on any atom is 0.222 e. The van der Waals surface area contributed by atoms with Crippen molar-refractivity contribution < 1.29 is 13.6 Å². The first-order valence-electron chi connectivity index (χ1n) is 6.30. The molecule has 1 aromatic heterocycles. The second kappa shape index (κ2) is 4.66. The molecule has 1 N–H and O–H groups in total. The third-order valence-corrected chi connectivity index (χ3v) is 4.01. The quantitative estimate of drug-likeness (QED) is 0.822. The first-order valence-corrected chi connectivity index (χ1v) is 6.71. The van der Waals surface area contributed by atoms with E-state index in [0.717, 1.165) is 6.07 Å². The number of H-pyrrole nitrogens is 1. The first kappa shape index (κ1) is 13.2. The fourth-order valence-corrected chi connectivity index (χ4v) is 3.06. The van der Waals surface area contributed by atoms with Crippen molar-refractivity contribution in [1.82, 2.24) is 14.5 Å². The van der Waals surface area contributed by atoms with Gasteiger partial charge in [0.15, 0.2) is 10.6 Å². The molecule has 0 radical (unpaired) electrons. The van der Waals surface area contributed by atoms with E-state index in [1.54, 1.807) is 16.5 Å². The van der Waals surface area contributed by atoms with Gasteiger partial charge in [-0.1, -0.05) is 0 Å². The standard InChI is InChI=1S/C13H13F2N3OS/c1-17-6-8(2-3-11(17)19)18-10-5-7(14)4-9(15)12(10)16-13(18)20/h4-5,8H,2-3,6H2,1H3,(H,16,20). The van der Waals surface area contributed by atoms with Gasteiger partial charge >= 0.3 is 0 Å². The minimum Gasteiger partial charge on any atom is -0.344 e. The third kappa shape index (κ3) is 2.02. The summed E-state index contributed by atoms with van der Waals surface area (Å²) in [5, 5.41) is 0. The zero-order valence-corrected chi connectivity index (χ0v) is 11.6. The Morgan fingerprint density at radius 1 is 1.40 bits per heavy atom. The van der Waals surface area contributed by atoms with Gasteiger partial charge in [-0.3, -0.25) is 4.79 Å². The molecule has 20 heavy (non-hydrogen) atoms. The number of imidazole rings is 1. The van der Waals surface area contributed by atoms with Gasteiger partial charge in [-0.05, 0) is 24.7 Å². The normalized spacial score (nSPS) is 19.9. The Balaban J connectivity index is 2.14. The summed E-state index contributed by atoms with van der Waals surface area (Å²) < 4.78 is 29.2. The molecule has 4 nitrogen and oxygen atoms in total. The number of rotatable bonds is 1. The molecule has 106 valence electrons. The van der Waals surface area contributed by atoms with Crippen LogP contribution in [0.3, 0.4) is 0 Å². The van der Waals surface area contributed by atoms with E-state index in [4.69, 9.17) is 12.2 Å². The fraction of sp³-hybridized carbons (Fsp3) is 0.385. The van der Waals surface area contributed by atoms with E-state index in [9.17, 15) is 13.6 Å². The van der Waals surface area contributed by atoms with Gasteiger partial charge in [-0.2, -0.15) is 0 Å². The number of nitrogens with zero attached hydrogens (tertiary/aromatic N) is 2. The zero-order chi connectivity index (χ0) is 14.4. The summed E-state index contributed by atoms with van der Waals surface area (Å²) in [7, 11) is 1.72. The van der Waals surface area contributed by atoms with Crippen molar-refractivity contribution in [2.45, 2.75) is 18.9 Å². The van der Waals surface area contributed by atoms with Crippen LogP contribution in [0.15, 0.2) is 12.1 Å². The summed E-state index contributed by atoms with van der Waals surface area (Å²) in [4.78, 5) is 15.9. The average molecular weight is 297 g/mol. The molecule has 0 aliphatic carbocycles. The van der Waals surface area contributed by atoms with Crippen molar-refractivity contribution in [3.63, 3.8) is 0 Å². The smallest absolute Gasteiger partial charge is 0.222 e. The Morgan fingerprint density at radius 3 is 2.85 bits per heavy atom. The maximum atomic E-state index is 13.8. The van der Waals surface area contributed by atoms with E-state index >= 15 is 0 Å². The number of aromatic nitrogens is 2. The van der Waals surface area contributed by atoms with Gasteiger partial charge in [0.2, 0.25) is 5.91 Å². The van der Waals surface area contributed by atoms with E-state index < -0.39 is 11.6 Å². The van der Waals surface area contributed by atoms with Gasteiger partial charge in [0.05, 0.1) is 11.6 Å². The molecule has 7 heteroatoms. The number of fused-ring (bicyclic) bond motifs is 1. The number of benzene rings is 1. The Morgan fingerprint density at radius 2 is 2.15 bits per heavy atom. The van der Waals surface area contributed by atoms with E-state index in [0.29, 0.717) is 29.7 Å². The van der Waals surface area contributed by atoms with Gasteiger partial charge in [0, 0.05) is 26.1 Å². The van der Waals surface area contributed by atoms with E-state index in [2.05, 4.69) is 4.98 Å². The molecule has 1 saturated heterocycles. The highest BCUT2D eigenvalue weighted by Gasteiger charge is 2.26. The monoisotopic (exact) mass is 297 g/mol. The predicted octanol–water partition coefficient (Wildman–Crippen LogP) is 2.77. The predicted molar refractivity (Wildman–Crippen MR) is 72.9 cm³/mol. The molecule has 0 bridgehead atoms. The summed E-state index contributed by atoms with van der Waals surface area (Å²) in [5.74, 6) is -1.23. The van der Waals surface area contributed by atoms with Crippen LogP contribution in [0.1, 0.15) is 18.9 Å². The number of likely N-dealkylation sites (tertiary alicyclic amines) is 1. The van der Waals surface area contributed by atoms with Gasteiger partial charge < -0.3 is 14.5 Å². The fourth-order valence-electron chi connectivity index (χ4n) is 2.71. The highest BCUT2D eigenvalue weighted by atomic mass is 32.1. The number of halogens is 2. The lowest BCUT2D eigenvalue weighted by molar-refractivity contribution is -0.132. The van der Waals surface area contributed by atoms with Crippen LogP contribution in [0.2, 0.25) is 0 Å². The number of aromatic amines is 1. The number of hydrogen-bond donors (Lipinski definition) is 1. The van der Waals surface area contributed by atoms with Crippen LogP contribution in [0.25, 0.3) is 11.0 Å². The molecular formula is C13H13F2N3OS. The molecule has 1 atom stereocenters. The SMILES string of the molecule is CN1CC(n2c(=S)[nH]c3c(F)cc(F)cc32)CCC1=O. The molecule has 1 aromatic carbocycles. The average Bonchev–Trinajstić information content (AvgIpc) is 2.70. The second-order valence-corrected chi connectivity index (χ2v) is 5.44. The van der Waals surface area contributed by atoms with Crippen molar-refractivity contribution in [1.29, 1.82) is 0 Å². The van der Waals surface area contributed by atoms with Crippen LogP contribution < -0.4 is 0 Å². The number of carbonyl (C=O) groups is 1. The summed E-state index contributed by atoms with van der Waals surface area (Å²) >= 11 is 5.22. The Hall–Kier alpha value is -1.76. The van der Waals surface area contributed by atoms with Crippen molar-refractivity contribution in [2.75, 3.05) is 13.6 Å². The Labute approximate surface area is 119 Å². The molecule has 1 amide bonds. The molecule has 0 spiro atoms. The maximum absolute atomic E-state index is 13.8. The highest BCUT2D eigenvalue weighted by molar-refractivity contribution is 7.71. The van der Waals surface area contributed by atoms with Gasteiger partial charge in [0.1, 0.15) is 11.3 Å². The summed E-state index contributed by atoms with van der Waals surface area (Å²) in [5.41, 5.74) is 0.608. The first-order chi connectivity index (χ1) is 9.47. The van der Waals surface area contributed by atoms with Crippen LogP contribution in [-0.2, 0) is 4.79 Å². The molecule has 2 aromatic rings. The van der Waals surface area contributed by atoms with Crippen LogP contribution in [0, 0.1) is 16.4 Å². The molecule has 3 rings (SSSR count). The minimum atomic E-state index is -0.662. The van der Waals surface area contributed by atoms with Crippen molar-refractivity contribution in [3.05, 3.63) is 28.5 Å². The zero-order valence-electron chi connectivity index (χ0n) is 10.8. The van der Waals surface area contributed by atoms with Crippen molar-refractivity contribution in [2.24, 2.45) is 0 Å². The number of piperidine rings is 1. The van der Waals surface area contributed by atoms with Crippen molar-refractivity contribution in [3.8, 4) is 0 Å². The molecule has 1 aliphatic heterocycles. The van der Waals surface area contributed by atoms with Crippen LogP contribution in [-0.4, -0.2) is 34.0 Å². The summed E-state index contributed by atoms with van der Waals surface area (Å²) in [6.45, 7) is 0.484. The molecule has 1 fully saturated rings. The summed E-state index contributed by atoms with van der Waals surface area (Å²) in [6.07, 6.45) is 1.02. The van der Waals surface area contributed by atoms with Crippen LogP contribution >= 0.6 is 12.2 Å². The van der Waals surface area contributed by atoms with Gasteiger partial charge in [-0.25, -0.2) is 8.78 Å². The highest BCUT2D eigenvalue weighted by Crippen LogP contribution is 2.28. The van der Waals surface area contributed by atoms with Gasteiger partial charge in [-0.15, -0.1) is 0 Å². The molecule has 1 aliphatic rings. The van der Waals surface area contributed by atoms with E-state index in [1.807, 2.05) is 0 Å². The van der Waals surface area contributed by atoms with E-state index in [-0.39, 0.29) is 17.5 Å². The second-order valence-electron chi connectivity index (χ2n) is 5.05. The number of likely N-dealkylation sites (N-methyl/N-ethyl adjacent to an activating group) is 1. The largest absolute Gasteiger partial charge is 0.344 e. The number of amides is 1. The summed E-state index contributed by atoms with van der Waals surface area (Å²) in [6, 6.07) is 2.02. The van der Waals surface area contributed by atoms with E-state index in [1.165, 1.54) is 6.07 Å². The minimum absolute atomic E-state index is 0.0693. The van der Waals surface area contributed by atoms with Crippen LogP contribution in [0.4, 0.5) is 8.78 Å². The third-order valence-electron chi connectivity index (χ3n) is 3.71. The molecular weight excluding hydrogens is 284 g/mol. The lowest BCUT2D eigenvalue weighted by Crippen LogP contribution is -2.37. The lowest BCUT2D eigenvalue weighted by Gasteiger charge is -2.30. The lowest BCUT2D eigenvalue weighted by atomic mass is 10.1. The number of nitrogens with one attached hydrogen (secondary N) is 1.